The summed E-state index contributed by atoms with van der Waals surface area (Å²) in [4.78, 5) is 0. The number of nitrogens with zero attached hydrogens (tertiary/aromatic N) is 1. The highest BCUT2D eigenvalue weighted by atomic mass is 79.9. The van der Waals surface area contributed by atoms with Crippen LogP contribution >= 0.6 is 39.7 Å². The molecule has 1 aliphatic rings. The summed E-state index contributed by atoms with van der Waals surface area (Å²) in [6.07, 6.45) is 0.877. The van der Waals surface area contributed by atoms with E-state index in [4.69, 9.17) is 0 Å². The Labute approximate surface area is 120 Å². The van der Waals surface area contributed by atoms with E-state index in [1.165, 1.54) is 15.6 Å². The highest BCUT2D eigenvalue weighted by Crippen LogP contribution is 2.29. The Morgan fingerprint density at radius 2 is 2.24 bits per heavy atom. The zero-order valence-corrected chi connectivity index (χ0v) is 13.3. The van der Waals surface area contributed by atoms with Crippen molar-refractivity contribution in [1.82, 2.24) is 9.62 Å². The summed E-state index contributed by atoms with van der Waals surface area (Å²) in [5.74, 6) is 0. The maximum Gasteiger partial charge on any atom is 0.252 e. The molecule has 1 aromatic rings. The zero-order valence-electron chi connectivity index (χ0n) is 9.22. The van der Waals surface area contributed by atoms with Gasteiger partial charge < -0.3 is 5.32 Å². The predicted molar refractivity (Wildman–Crippen MR) is 75.5 cm³/mol. The SMILES string of the molecule is CN([C@@H]1CCNC1)S(=O)(=O)c1ccc(Br)s1.Cl. The third kappa shape index (κ3) is 3.21. The molecule has 0 saturated carbocycles. The van der Waals surface area contributed by atoms with Crippen molar-refractivity contribution in [2.75, 3.05) is 20.1 Å². The molecule has 17 heavy (non-hydrogen) atoms. The minimum atomic E-state index is -3.32. The Morgan fingerprint density at radius 3 is 2.71 bits per heavy atom. The third-order valence-corrected chi connectivity index (χ3v) is 6.73. The van der Waals surface area contributed by atoms with Crippen molar-refractivity contribution < 1.29 is 8.42 Å². The van der Waals surface area contributed by atoms with Crippen LogP contribution < -0.4 is 5.32 Å². The van der Waals surface area contributed by atoms with E-state index in [9.17, 15) is 8.42 Å². The van der Waals surface area contributed by atoms with E-state index in [1.54, 1.807) is 19.2 Å². The van der Waals surface area contributed by atoms with E-state index in [0.29, 0.717) is 4.21 Å². The first kappa shape index (κ1) is 15.4. The van der Waals surface area contributed by atoms with Crippen LogP contribution in [0, 0.1) is 0 Å². The van der Waals surface area contributed by atoms with E-state index >= 15 is 0 Å². The molecule has 2 heterocycles. The van der Waals surface area contributed by atoms with E-state index in [-0.39, 0.29) is 18.4 Å². The van der Waals surface area contributed by atoms with Crippen molar-refractivity contribution in [2.45, 2.75) is 16.7 Å². The van der Waals surface area contributed by atoms with Crippen LogP contribution in [0.3, 0.4) is 0 Å². The molecule has 4 nitrogen and oxygen atoms in total. The lowest BCUT2D eigenvalue weighted by Gasteiger charge is -2.22. The Hall–Kier alpha value is 0.340. The van der Waals surface area contributed by atoms with Crippen molar-refractivity contribution >= 4 is 49.7 Å². The van der Waals surface area contributed by atoms with Crippen molar-refractivity contribution in [3.8, 4) is 0 Å². The van der Waals surface area contributed by atoms with Gasteiger partial charge >= 0.3 is 0 Å². The van der Waals surface area contributed by atoms with E-state index in [0.717, 1.165) is 23.3 Å². The minimum Gasteiger partial charge on any atom is -0.315 e. The summed E-state index contributed by atoms with van der Waals surface area (Å²) >= 11 is 4.53. The quantitative estimate of drug-likeness (QED) is 0.895. The highest BCUT2D eigenvalue weighted by molar-refractivity contribution is 9.11. The molecule has 1 atom stereocenters. The molecule has 98 valence electrons. The molecule has 0 spiro atoms. The lowest BCUT2D eigenvalue weighted by atomic mass is 10.3. The van der Waals surface area contributed by atoms with Crippen LogP contribution in [-0.4, -0.2) is 38.9 Å². The van der Waals surface area contributed by atoms with Gasteiger partial charge in [0.15, 0.2) is 0 Å². The van der Waals surface area contributed by atoms with Gasteiger partial charge in [-0.05, 0) is 41.0 Å². The number of sulfonamides is 1. The van der Waals surface area contributed by atoms with Crippen LogP contribution in [0.1, 0.15) is 6.42 Å². The zero-order chi connectivity index (χ0) is 11.8. The van der Waals surface area contributed by atoms with Gasteiger partial charge in [-0.1, -0.05) is 0 Å². The highest BCUT2D eigenvalue weighted by Gasteiger charge is 2.30. The molecule has 0 aliphatic carbocycles. The number of hydrogen-bond donors (Lipinski definition) is 1. The van der Waals surface area contributed by atoms with E-state index in [1.807, 2.05) is 0 Å². The predicted octanol–water partition coefficient (Wildman–Crippen LogP) is 1.91. The summed E-state index contributed by atoms with van der Waals surface area (Å²) in [7, 11) is -1.67. The third-order valence-electron chi connectivity index (χ3n) is 2.73. The lowest BCUT2D eigenvalue weighted by Crippen LogP contribution is -2.37. The Bertz CT molecular complexity index is 471. The molecule has 1 aliphatic heterocycles. The van der Waals surface area contributed by atoms with Crippen molar-refractivity contribution in [3.05, 3.63) is 15.9 Å². The smallest absolute Gasteiger partial charge is 0.252 e. The van der Waals surface area contributed by atoms with Gasteiger partial charge in [-0.15, -0.1) is 23.7 Å². The van der Waals surface area contributed by atoms with Gasteiger partial charge in [-0.3, -0.25) is 0 Å². The van der Waals surface area contributed by atoms with E-state index < -0.39 is 10.0 Å². The van der Waals surface area contributed by atoms with Gasteiger partial charge in [0.25, 0.3) is 10.0 Å². The maximum atomic E-state index is 12.2. The van der Waals surface area contributed by atoms with Crippen LogP contribution in [0.15, 0.2) is 20.1 Å². The van der Waals surface area contributed by atoms with Gasteiger partial charge in [-0.2, -0.15) is 4.31 Å². The van der Waals surface area contributed by atoms with Crippen molar-refractivity contribution in [3.63, 3.8) is 0 Å². The lowest BCUT2D eigenvalue weighted by molar-refractivity contribution is 0.389. The van der Waals surface area contributed by atoms with Gasteiger partial charge in [-0.25, -0.2) is 8.42 Å². The molecular formula is C9H14BrClN2O2S2. The Balaban J connectivity index is 0.00000144. The van der Waals surface area contributed by atoms with Crippen LogP contribution in [0.5, 0.6) is 0 Å². The van der Waals surface area contributed by atoms with Crippen LogP contribution in [0.2, 0.25) is 0 Å². The molecule has 0 unspecified atom stereocenters. The molecule has 1 saturated heterocycles. The van der Waals surface area contributed by atoms with Crippen molar-refractivity contribution in [1.29, 1.82) is 0 Å². The molecular weight excluding hydrogens is 348 g/mol. The number of halogens is 2. The second-order valence-corrected chi connectivity index (χ2v) is 8.41. The second kappa shape index (κ2) is 5.99. The molecule has 0 bridgehead atoms. The van der Waals surface area contributed by atoms with Crippen molar-refractivity contribution in [2.24, 2.45) is 0 Å². The second-order valence-electron chi connectivity index (χ2n) is 3.73. The maximum absolute atomic E-state index is 12.2. The van der Waals surface area contributed by atoms with Crippen LogP contribution in [0.25, 0.3) is 0 Å². The number of likely N-dealkylation sites (N-methyl/N-ethyl adjacent to an activating group) is 1. The molecule has 2 rings (SSSR count). The number of rotatable bonds is 3. The average Bonchev–Trinajstić information content (AvgIpc) is 2.86. The van der Waals surface area contributed by atoms with Gasteiger partial charge in [0.2, 0.25) is 0 Å². The Kier molecular flexibility index (Phi) is 5.42. The van der Waals surface area contributed by atoms with E-state index in [2.05, 4.69) is 21.2 Å². The molecule has 1 fully saturated rings. The number of nitrogens with one attached hydrogen (secondary N) is 1. The molecule has 0 radical (unpaired) electrons. The molecule has 1 aromatic heterocycles. The molecule has 0 aromatic carbocycles. The standard InChI is InChI=1S/C9H13BrN2O2S2.ClH/c1-12(7-4-5-11-6-7)16(13,14)9-3-2-8(10)15-9;/h2-3,7,11H,4-6H2,1H3;1H/t7-;/m1./s1. The fraction of sp³-hybridized carbons (Fsp3) is 0.556. The first-order chi connectivity index (χ1) is 7.51. The van der Waals surface area contributed by atoms with Gasteiger partial charge in [0.1, 0.15) is 4.21 Å². The average molecular weight is 362 g/mol. The summed E-state index contributed by atoms with van der Waals surface area (Å²) < 4.78 is 27.2. The van der Waals surface area contributed by atoms with Crippen LogP contribution in [0.4, 0.5) is 0 Å². The summed E-state index contributed by atoms with van der Waals surface area (Å²) in [6.45, 7) is 1.63. The van der Waals surface area contributed by atoms with Crippen LogP contribution in [-0.2, 0) is 10.0 Å². The first-order valence-electron chi connectivity index (χ1n) is 4.96. The van der Waals surface area contributed by atoms with Gasteiger partial charge in [0.05, 0.1) is 3.79 Å². The first-order valence-corrected chi connectivity index (χ1v) is 8.01. The summed E-state index contributed by atoms with van der Waals surface area (Å²) in [5.41, 5.74) is 0. The normalized spacial score (nSPS) is 20.5. The topological polar surface area (TPSA) is 49.4 Å². The molecule has 1 N–H and O–H groups in total. The fourth-order valence-electron chi connectivity index (χ4n) is 1.72. The van der Waals surface area contributed by atoms with Gasteiger partial charge in [0, 0.05) is 19.6 Å². The number of thiophene rings is 1. The minimum absolute atomic E-state index is 0. The largest absolute Gasteiger partial charge is 0.315 e. The summed E-state index contributed by atoms with van der Waals surface area (Å²) in [5, 5.41) is 3.17. The Morgan fingerprint density at radius 1 is 1.53 bits per heavy atom. The monoisotopic (exact) mass is 360 g/mol. The summed E-state index contributed by atoms with van der Waals surface area (Å²) in [6, 6.07) is 3.48. The fourth-order valence-corrected chi connectivity index (χ4v) is 5.30. The number of hydrogen-bond acceptors (Lipinski definition) is 4. The molecule has 0 amide bonds. The molecule has 8 heteroatoms.